The number of nitrogen functional groups attached to an aromatic ring is 1. The molecule has 108 valence electrons. The van der Waals surface area contributed by atoms with Crippen LogP contribution in [0.1, 0.15) is 23.9 Å². The van der Waals surface area contributed by atoms with Crippen LogP contribution in [0.15, 0.2) is 39.9 Å². The van der Waals surface area contributed by atoms with Crippen LogP contribution in [-0.4, -0.2) is 25.1 Å². The van der Waals surface area contributed by atoms with E-state index in [2.05, 4.69) is 20.4 Å². The second-order valence-electron chi connectivity index (χ2n) is 4.47. The standard InChI is InChI=1S/C13H14N6OS/c1-8(21-13-18-15-9(2)19(13)14)11-16-17-12(20-11)10-6-4-3-5-7-10/h3-8H,14H2,1-2H3/t8-/m0/s1. The summed E-state index contributed by atoms with van der Waals surface area (Å²) in [7, 11) is 0. The Hall–Kier alpha value is -2.35. The Kier molecular flexibility index (Phi) is 3.61. The number of hydrogen-bond acceptors (Lipinski definition) is 7. The van der Waals surface area contributed by atoms with Crippen LogP contribution in [-0.2, 0) is 0 Å². The minimum Gasteiger partial charge on any atom is -0.419 e. The van der Waals surface area contributed by atoms with Crippen LogP contribution >= 0.6 is 11.8 Å². The van der Waals surface area contributed by atoms with Crippen LogP contribution in [0.2, 0.25) is 0 Å². The third kappa shape index (κ3) is 2.75. The molecule has 7 nitrogen and oxygen atoms in total. The van der Waals surface area contributed by atoms with Crippen LogP contribution < -0.4 is 5.84 Å². The van der Waals surface area contributed by atoms with Gasteiger partial charge in [-0.2, -0.15) is 0 Å². The van der Waals surface area contributed by atoms with Crippen molar-refractivity contribution in [2.75, 3.05) is 5.84 Å². The van der Waals surface area contributed by atoms with E-state index in [1.54, 1.807) is 6.92 Å². The third-order valence-electron chi connectivity index (χ3n) is 2.93. The highest BCUT2D eigenvalue weighted by atomic mass is 32.2. The van der Waals surface area contributed by atoms with Gasteiger partial charge in [0, 0.05) is 5.56 Å². The summed E-state index contributed by atoms with van der Waals surface area (Å²) in [5, 5.41) is 16.6. The number of hydrogen-bond donors (Lipinski definition) is 1. The summed E-state index contributed by atoms with van der Waals surface area (Å²) >= 11 is 1.42. The summed E-state index contributed by atoms with van der Waals surface area (Å²) in [6.45, 7) is 3.75. The van der Waals surface area contributed by atoms with Gasteiger partial charge >= 0.3 is 0 Å². The molecule has 2 N–H and O–H groups in total. The molecule has 8 heteroatoms. The molecule has 0 spiro atoms. The van der Waals surface area contributed by atoms with Gasteiger partial charge in [0.25, 0.3) is 0 Å². The summed E-state index contributed by atoms with van der Waals surface area (Å²) in [5.74, 6) is 7.51. The number of nitrogens with zero attached hydrogens (tertiary/aromatic N) is 5. The largest absolute Gasteiger partial charge is 0.419 e. The molecule has 0 amide bonds. The van der Waals surface area contributed by atoms with E-state index in [-0.39, 0.29) is 5.25 Å². The Labute approximate surface area is 125 Å². The normalized spacial score (nSPS) is 12.5. The molecule has 2 heterocycles. The van der Waals surface area contributed by atoms with Gasteiger partial charge in [-0.25, -0.2) is 4.68 Å². The third-order valence-corrected chi connectivity index (χ3v) is 3.97. The summed E-state index contributed by atoms with van der Waals surface area (Å²) in [6.07, 6.45) is 0. The molecule has 0 aliphatic heterocycles. The molecule has 0 saturated heterocycles. The lowest BCUT2D eigenvalue weighted by Crippen LogP contribution is -2.11. The summed E-state index contributed by atoms with van der Waals surface area (Å²) in [5.41, 5.74) is 0.895. The first-order chi connectivity index (χ1) is 10.1. The minimum atomic E-state index is -0.0686. The van der Waals surface area contributed by atoms with Crippen LogP contribution in [0.4, 0.5) is 0 Å². The maximum Gasteiger partial charge on any atom is 0.247 e. The van der Waals surface area contributed by atoms with Crippen molar-refractivity contribution in [3.8, 4) is 11.5 Å². The van der Waals surface area contributed by atoms with Crippen LogP contribution in [0.3, 0.4) is 0 Å². The SMILES string of the molecule is Cc1nnc(S[C@@H](C)c2nnc(-c3ccccc3)o2)n1N. The van der Waals surface area contributed by atoms with Gasteiger partial charge in [0.05, 0.1) is 5.25 Å². The Balaban J connectivity index is 1.78. The van der Waals surface area contributed by atoms with Crippen molar-refractivity contribution in [1.29, 1.82) is 0 Å². The first-order valence-corrected chi connectivity index (χ1v) is 7.25. The topological polar surface area (TPSA) is 95.6 Å². The predicted molar refractivity (Wildman–Crippen MR) is 78.9 cm³/mol. The second kappa shape index (κ2) is 5.57. The Morgan fingerprint density at radius 3 is 2.57 bits per heavy atom. The van der Waals surface area contributed by atoms with E-state index >= 15 is 0 Å². The molecule has 0 aliphatic carbocycles. The number of aryl methyl sites for hydroxylation is 1. The number of benzene rings is 1. The Bertz CT molecular complexity index is 738. The quantitative estimate of drug-likeness (QED) is 0.583. The Morgan fingerprint density at radius 2 is 1.90 bits per heavy atom. The monoisotopic (exact) mass is 302 g/mol. The van der Waals surface area contributed by atoms with Gasteiger partial charge in [-0.15, -0.1) is 20.4 Å². The first kappa shape index (κ1) is 13.6. The predicted octanol–water partition coefficient (Wildman–Crippen LogP) is 2.20. The van der Waals surface area contributed by atoms with Crippen molar-refractivity contribution in [1.82, 2.24) is 25.1 Å². The summed E-state index contributed by atoms with van der Waals surface area (Å²) < 4.78 is 7.15. The zero-order valence-corrected chi connectivity index (χ0v) is 12.4. The van der Waals surface area contributed by atoms with Crippen molar-refractivity contribution >= 4 is 11.8 Å². The van der Waals surface area contributed by atoms with E-state index in [4.69, 9.17) is 10.3 Å². The lowest BCUT2D eigenvalue weighted by atomic mass is 10.2. The highest BCUT2D eigenvalue weighted by Gasteiger charge is 2.19. The van der Waals surface area contributed by atoms with Gasteiger partial charge in [0.1, 0.15) is 5.82 Å². The maximum atomic E-state index is 5.83. The molecule has 0 bridgehead atoms. The molecular weight excluding hydrogens is 288 g/mol. The van der Waals surface area contributed by atoms with E-state index in [0.717, 1.165) is 5.56 Å². The fourth-order valence-corrected chi connectivity index (χ4v) is 2.58. The molecule has 2 aromatic heterocycles. The molecule has 3 rings (SSSR count). The molecule has 0 saturated carbocycles. The van der Waals surface area contributed by atoms with Crippen LogP contribution in [0.5, 0.6) is 0 Å². The van der Waals surface area contributed by atoms with Crippen LogP contribution in [0.25, 0.3) is 11.5 Å². The number of aromatic nitrogens is 5. The molecule has 1 aromatic carbocycles. The molecule has 3 aromatic rings. The molecule has 0 fully saturated rings. The molecule has 0 unspecified atom stereocenters. The fraction of sp³-hybridized carbons (Fsp3) is 0.231. The van der Waals surface area contributed by atoms with Gasteiger partial charge in [0.15, 0.2) is 0 Å². The average molecular weight is 302 g/mol. The first-order valence-electron chi connectivity index (χ1n) is 6.37. The Morgan fingerprint density at radius 1 is 1.14 bits per heavy atom. The van der Waals surface area contributed by atoms with E-state index in [1.165, 1.54) is 16.4 Å². The second-order valence-corrected chi connectivity index (χ2v) is 5.78. The zero-order chi connectivity index (χ0) is 14.8. The highest BCUT2D eigenvalue weighted by Crippen LogP contribution is 2.33. The molecule has 0 radical (unpaired) electrons. The molecule has 1 atom stereocenters. The van der Waals surface area contributed by atoms with Crippen LogP contribution in [0, 0.1) is 6.92 Å². The molecule has 21 heavy (non-hydrogen) atoms. The summed E-state index contributed by atoms with van der Waals surface area (Å²) in [6, 6.07) is 9.65. The van der Waals surface area contributed by atoms with Gasteiger partial charge < -0.3 is 10.3 Å². The van der Waals surface area contributed by atoms with Crippen molar-refractivity contribution in [2.45, 2.75) is 24.3 Å². The minimum absolute atomic E-state index is 0.0686. The van der Waals surface area contributed by atoms with Gasteiger partial charge in [-0.05, 0) is 26.0 Å². The van der Waals surface area contributed by atoms with Gasteiger partial charge in [-0.3, -0.25) is 0 Å². The van der Waals surface area contributed by atoms with Gasteiger partial charge in [-0.1, -0.05) is 30.0 Å². The highest BCUT2D eigenvalue weighted by molar-refractivity contribution is 7.99. The van der Waals surface area contributed by atoms with E-state index in [1.807, 2.05) is 37.3 Å². The smallest absolute Gasteiger partial charge is 0.247 e. The fourth-order valence-electron chi connectivity index (χ4n) is 1.74. The van der Waals surface area contributed by atoms with Crippen molar-refractivity contribution in [2.24, 2.45) is 0 Å². The summed E-state index contributed by atoms with van der Waals surface area (Å²) in [4.78, 5) is 0. The average Bonchev–Trinajstić information content (AvgIpc) is 3.11. The number of thioether (sulfide) groups is 1. The maximum absolute atomic E-state index is 5.83. The van der Waals surface area contributed by atoms with E-state index < -0.39 is 0 Å². The van der Waals surface area contributed by atoms with Gasteiger partial charge in [0.2, 0.25) is 16.9 Å². The number of nitrogens with two attached hydrogens (primary N) is 1. The zero-order valence-electron chi connectivity index (χ0n) is 11.6. The van der Waals surface area contributed by atoms with E-state index in [0.29, 0.717) is 22.8 Å². The lowest BCUT2D eigenvalue weighted by Gasteiger charge is -2.05. The molecule has 0 aliphatic rings. The van der Waals surface area contributed by atoms with Crippen molar-refractivity contribution in [3.05, 3.63) is 42.0 Å². The van der Waals surface area contributed by atoms with Crippen molar-refractivity contribution < 1.29 is 4.42 Å². The van der Waals surface area contributed by atoms with Crippen molar-refractivity contribution in [3.63, 3.8) is 0 Å². The lowest BCUT2D eigenvalue weighted by molar-refractivity contribution is 0.509. The molecular formula is C13H14N6OS. The number of rotatable bonds is 4. The van der Waals surface area contributed by atoms with E-state index in [9.17, 15) is 0 Å².